The lowest BCUT2D eigenvalue weighted by Gasteiger charge is -2.32. The summed E-state index contributed by atoms with van der Waals surface area (Å²) in [5.41, 5.74) is 8.43. The zero-order valence-corrected chi connectivity index (χ0v) is 20.4. The van der Waals surface area contributed by atoms with Crippen molar-refractivity contribution >= 4 is 5.91 Å². The number of aromatic amines is 1. The number of hydrogen-bond donors (Lipinski definition) is 2. The number of aryl methyl sites for hydroxylation is 1. The highest BCUT2D eigenvalue weighted by molar-refractivity contribution is 5.95. The molecule has 1 amide bonds. The molecule has 178 valence electrons. The lowest BCUT2D eigenvalue weighted by atomic mass is 9.85. The first kappa shape index (κ1) is 22.9. The Bertz CT molecular complexity index is 1110. The summed E-state index contributed by atoms with van der Waals surface area (Å²) >= 11 is 0. The third-order valence-corrected chi connectivity index (χ3v) is 7.44. The molecule has 1 aliphatic heterocycles. The highest BCUT2D eigenvalue weighted by Crippen LogP contribution is 2.40. The number of fused-ring (bicyclic) bond motifs is 1. The number of nitrogens with zero attached hydrogens (tertiary/aromatic N) is 2. The van der Waals surface area contributed by atoms with Crippen molar-refractivity contribution < 1.29 is 4.79 Å². The predicted molar refractivity (Wildman–Crippen MR) is 139 cm³/mol. The van der Waals surface area contributed by atoms with Crippen molar-refractivity contribution in [3.05, 3.63) is 71.4 Å². The van der Waals surface area contributed by atoms with E-state index in [4.69, 9.17) is 0 Å². The van der Waals surface area contributed by atoms with E-state index < -0.39 is 0 Å². The molecule has 1 fully saturated rings. The summed E-state index contributed by atoms with van der Waals surface area (Å²) in [5, 5.41) is 3.10. The van der Waals surface area contributed by atoms with Gasteiger partial charge in [-0.1, -0.05) is 49.4 Å². The summed E-state index contributed by atoms with van der Waals surface area (Å²) in [6.45, 7) is 8.29. The van der Waals surface area contributed by atoms with Gasteiger partial charge in [-0.3, -0.25) is 9.69 Å². The number of piperazine rings is 1. The van der Waals surface area contributed by atoms with Gasteiger partial charge in [-0.2, -0.15) is 0 Å². The molecule has 3 aromatic rings. The first-order chi connectivity index (χ1) is 16.6. The molecular weight excluding hydrogens is 420 g/mol. The topological polar surface area (TPSA) is 51.4 Å². The van der Waals surface area contributed by atoms with Crippen molar-refractivity contribution in [2.45, 2.75) is 26.2 Å². The van der Waals surface area contributed by atoms with Crippen LogP contribution in [0.5, 0.6) is 0 Å². The Morgan fingerprint density at radius 3 is 2.47 bits per heavy atom. The predicted octanol–water partition coefficient (Wildman–Crippen LogP) is 4.45. The van der Waals surface area contributed by atoms with E-state index in [1.807, 2.05) is 12.1 Å². The molecule has 2 aromatic carbocycles. The van der Waals surface area contributed by atoms with Crippen molar-refractivity contribution in [1.29, 1.82) is 0 Å². The second-order valence-corrected chi connectivity index (χ2v) is 10.0. The standard InChI is InChI=1S/C29H36N4O/c1-21-8-13-26-25(20-21)27(28(31-26)23-6-4-3-5-7-23)22-9-11-24(12-10-22)29(34)30-14-15-33-18-16-32(2)17-19-33/h3-7,9-12,21,31H,8,13-20H2,1-2H3,(H,30,34). The molecule has 34 heavy (non-hydrogen) atoms. The molecule has 0 saturated carbocycles. The fraction of sp³-hybridized carbons (Fsp3) is 0.414. The van der Waals surface area contributed by atoms with Gasteiger partial charge >= 0.3 is 0 Å². The highest BCUT2D eigenvalue weighted by Gasteiger charge is 2.25. The maximum atomic E-state index is 12.8. The third kappa shape index (κ3) is 4.96. The third-order valence-electron chi connectivity index (χ3n) is 7.44. The second-order valence-electron chi connectivity index (χ2n) is 10.0. The number of benzene rings is 2. The van der Waals surface area contributed by atoms with E-state index >= 15 is 0 Å². The lowest BCUT2D eigenvalue weighted by molar-refractivity contribution is 0.0941. The molecule has 2 aliphatic rings. The van der Waals surface area contributed by atoms with Gasteiger partial charge in [0, 0.05) is 56.1 Å². The minimum Gasteiger partial charge on any atom is -0.358 e. The van der Waals surface area contributed by atoms with Crippen LogP contribution in [0.2, 0.25) is 0 Å². The Kier molecular flexibility index (Phi) is 6.84. The van der Waals surface area contributed by atoms with E-state index in [1.165, 1.54) is 40.1 Å². The summed E-state index contributed by atoms with van der Waals surface area (Å²) < 4.78 is 0. The lowest BCUT2D eigenvalue weighted by Crippen LogP contribution is -2.46. The molecule has 5 nitrogen and oxygen atoms in total. The summed E-state index contributed by atoms with van der Waals surface area (Å²) in [5.74, 6) is 0.699. The van der Waals surface area contributed by atoms with E-state index in [0.29, 0.717) is 12.5 Å². The number of amides is 1. The van der Waals surface area contributed by atoms with Gasteiger partial charge in [-0.15, -0.1) is 0 Å². The maximum Gasteiger partial charge on any atom is 0.251 e. The molecule has 1 saturated heterocycles. The summed E-state index contributed by atoms with van der Waals surface area (Å²) in [6.07, 6.45) is 3.43. The highest BCUT2D eigenvalue weighted by atomic mass is 16.1. The van der Waals surface area contributed by atoms with Crippen LogP contribution in [0, 0.1) is 5.92 Å². The molecule has 1 aromatic heterocycles. The molecule has 0 bridgehead atoms. The Balaban J connectivity index is 1.32. The van der Waals surface area contributed by atoms with Crippen LogP contribution in [0.4, 0.5) is 0 Å². The zero-order chi connectivity index (χ0) is 23.5. The largest absolute Gasteiger partial charge is 0.358 e. The SMILES string of the molecule is CC1CCc2[nH]c(-c3ccccc3)c(-c3ccc(C(=O)NCCN4CCN(C)CC4)cc3)c2C1. The van der Waals surface area contributed by atoms with Crippen molar-refractivity contribution in [3.8, 4) is 22.4 Å². The van der Waals surface area contributed by atoms with Crippen LogP contribution < -0.4 is 5.32 Å². The molecule has 5 rings (SSSR count). The number of H-pyrrole nitrogens is 1. The van der Waals surface area contributed by atoms with Crippen molar-refractivity contribution in [3.63, 3.8) is 0 Å². The fourth-order valence-corrected chi connectivity index (χ4v) is 5.30. The van der Waals surface area contributed by atoms with Crippen LogP contribution in [-0.2, 0) is 12.8 Å². The zero-order valence-electron chi connectivity index (χ0n) is 20.4. The van der Waals surface area contributed by atoms with E-state index in [1.54, 1.807) is 0 Å². The minimum atomic E-state index is 0.00804. The number of rotatable bonds is 6. The molecule has 0 radical (unpaired) electrons. The Morgan fingerprint density at radius 2 is 1.74 bits per heavy atom. The summed E-state index contributed by atoms with van der Waals surface area (Å²) in [4.78, 5) is 21.3. The second kappa shape index (κ2) is 10.2. The van der Waals surface area contributed by atoms with Gasteiger partial charge in [0.1, 0.15) is 0 Å². The molecule has 2 heterocycles. The van der Waals surface area contributed by atoms with Crippen LogP contribution in [0.25, 0.3) is 22.4 Å². The van der Waals surface area contributed by atoms with Gasteiger partial charge in [-0.05, 0) is 61.1 Å². The normalized spacial score (nSPS) is 19.1. The Labute approximate surface area is 203 Å². The number of carbonyl (C=O) groups is 1. The van der Waals surface area contributed by atoms with Crippen LogP contribution in [0.3, 0.4) is 0 Å². The molecule has 5 heteroatoms. The number of aromatic nitrogens is 1. The number of hydrogen-bond acceptors (Lipinski definition) is 3. The van der Waals surface area contributed by atoms with Crippen LogP contribution >= 0.6 is 0 Å². The van der Waals surface area contributed by atoms with Gasteiger partial charge in [0.25, 0.3) is 5.91 Å². The monoisotopic (exact) mass is 456 g/mol. The van der Waals surface area contributed by atoms with E-state index in [-0.39, 0.29) is 5.91 Å². The average molecular weight is 457 g/mol. The maximum absolute atomic E-state index is 12.8. The van der Waals surface area contributed by atoms with E-state index in [9.17, 15) is 4.79 Å². The van der Waals surface area contributed by atoms with Gasteiger partial charge in [0.05, 0.1) is 5.69 Å². The molecule has 1 atom stereocenters. The summed E-state index contributed by atoms with van der Waals surface area (Å²) in [6, 6.07) is 18.8. The fourth-order valence-electron chi connectivity index (χ4n) is 5.30. The van der Waals surface area contributed by atoms with Crippen LogP contribution in [0.15, 0.2) is 54.6 Å². The average Bonchev–Trinajstić information content (AvgIpc) is 3.24. The van der Waals surface area contributed by atoms with E-state index in [2.05, 4.69) is 76.5 Å². The van der Waals surface area contributed by atoms with Gasteiger partial charge in [0.15, 0.2) is 0 Å². The van der Waals surface area contributed by atoms with E-state index in [0.717, 1.165) is 51.1 Å². The number of nitrogens with one attached hydrogen (secondary N) is 2. The Hall–Kier alpha value is -2.89. The first-order valence-electron chi connectivity index (χ1n) is 12.7. The minimum absolute atomic E-state index is 0.00804. The van der Waals surface area contributed by atoms with Gasteiger partial charge in [0.2, 0.25) is 0 Å². The quantitative estimate of drug-likeness (QED) is 0.576. The van der Waals surface area contributed by atoms with Gasteiger partial charge in [-0.25, -0.2) is 0 Å². The van der Waals surface area contributed by atoms with Crippen LogP contribution in [-0.4, -0.2) is 67.0 Å². The van der Waals surface area contributed by atoms with Gasteiger partial charge < -0.3 is 15.2 Å². The van der Waals surface area contributed by atoms with Crippen molar-refractivity contribution in [2.24, 2.45) is 5.92 Å². The number of likely N-dealkylation sites (N-methyl/N-ethyl adjacent to an activating group) is 1. The summed E-state index contributed by atoms with van der Waals surface area (Å²) in [7, 11) is 2.16. The molecular formula is C29H36N4O. The van der Waals surface area contributed by atoms with Crippen LogP contribution in [0.1, 0.15) is 35.0 Å². The van der Waals surface area contributed by atoms with Crippen molar-refractivity contribution in [2.75, 3.05) is 46.3 Å². The first-order valence-corrected chi connectivity index (χ1v) is 12.7. The molecule has 1 unspecified atom stereocenters. The molecule has 0 spiro atoms. The smallest absolute Gasteiger partial charge is 0.251 e. The molecule has 1 aliphatic carbocycles. The number of carbonyl (C=O) groups excluding carboxylic acids is 1. The molecule has 2 N–H and O–H groups in total. The Morgan fingerprint density at radius 1 is 1.00 bits per heavy atom. The van der Waals surface area contributed by atoms with Crippen molar-refractivity contribution in [1.82, 2.24) is 20.1 Å².